The molecule has 0 atom stereocenters. The van der Waals surface area contributed by atoms with E-state index in [1.807, 2.05) is 36.0 Å². The molecule has 136 valence electrons. The van der Waals surface area contributed by atoms with Crippen molar-refractivity contribution in [1.82, 2.24) is 9.47 Å². The first-order valence-electron chi connectivity index (χ1n) is 8.63. The molecule has 0 amide bonds. The molecule has 4 rings (SSSR count). The molecule has 3 heterocycles. The van der Waals surface area contributed by atoms with Gasteiger partial charge in [-0.15, -0.1) is 0 Å². The molecule has 0 bridgehead atoms. The number of fused-ring (bicyclic) bond motifs is 2. The molecule has 0 fully saturated rings. The van der Waals surface area contributed by atoms with Crippen LogP contribution in [0.15, 0.2) is 24.4 Å². The molecule has 2 aliphatic heterocycles. The van der Waals surface area contributed by atoms with Crippen molar-refractivity contribution in [1.29, 1.82) is 0 Å². The normalized spacial score (nSPS) is 16.1. The van der Waals surface area contributed by atoms with Crippen molar-refractivity contribution < 1.29 is 19.0 Å². The molecule has 6 heteroatoms. The van der Waals surface area contributed by atoms with E-state index in [-0.39, 0.29) is 12.6 Å². The highest BCUT2D eigenvalue weighted by molar-refractivity contribution is 6.11. The number of methoxy groups -OCH3 is 1. The third kappa shape index (κ3) is 2.66. The molecule has 0 saturated heterocycles. The lowest BCUT2D eigenvalue weighted by atomic mass is 9.90. The number of aromatic nitrogens is 1. The van der Waals surface area contributed by atoms with E-state index in [1.165, 1.54) is 0 Å². The van der Waals surface area contributed by atoms with E-state index in [9.17, 15) is 4.79 Å². The number of likely N-dealkylation sites (N-methyl/N-ethyl adjacent to an activating group) is 1. The standard InChI is InChI=1S/C20H22N2O4/c1-21-10-8-14-15(11-21)18(24-3)20-19(25-12-26-20)17(14)16(23)7-6-13-5-4-9-22(13)2/h4-7,9H,8,10-12H2,1-3H3/b7-6+. The summed E-state index contributed by atoms with van der Waals surface area (Å²) in [5.41, 5.74) is 3.59. The van der Waals surface area contributed by atoms with Crippen LogP contribution in [0.25, 0.3) is 6.08 Å². The zero-order valence-corrected chi connectivity index (χ0v) is 15.2. The van der Waals surface area contributed by atoms with Gasteiger partial charge < -0.3 is 23.7 Å². The topological polar surface area (TPSA) is 52.9 Å². The average molecular weight is 354 g/mol. The second-order valence-electron chi connectivity index (χ2n) is 6.66. The number of ketones is 1. The van der Waals surface area contributed by atoms with E-state index in [0.29, 0.717) is 22.8 Å². The van der Waals surface area contributed by atoms with Crippen LogP contribution in [-0.4, -0.2) is 42.7 Å². The Kier molecular flexibility index (Phi) is 4.20. The van der Waals surface area contributed by atoms with E-state index in [4.69, 9.17) is 14.2 Å². The van der Waals surface area contributed by atoms with Crippen molar-refractivity contribution in [3.63, 3.8) is 0 Å². The average Bonchev–Trinajstić information content (AvgIpc) is 3.26. The zero-order valence-electron chi connectivity index (χ0n) is 15.2. The highest BCUT2D eigenvalue weighted by atomic mass is 16.7. The number of rotatable bonds is 4. The molecule has 1 aromatic carbocycles. The van der Waals surface area contributed by atoms with Crippen LogP contribution in [0.2, 0.25) is 0 Å². The molecule has 0 saturated carbocycles. The van der Waals surface area contributed by atoms with Crippen molar-refractivity contribution >= 4 is 11.9 Å². The summed E-state index contributed by atoms with van der Waals surface area (Å²) < 4.78 is 18.9. The Morgan fingerprint density at radius 3 is 2.77 bits per heavy atom. The third-order valence-corrected chi connectivity index (χ3v) is 5.00. The Bertz CT molecular complexity index is 898. The van der Waals surface area contributed by atoms with Crippen molar-refractivity contribution in [2.24, 2.45) is 7.05 Å². The molecule has 0 unspecified atom stereocenters. The van der Waals surface area contributed by atoms with E-state index in [0.717, 1.165) is 36.3 Å². The summed E-state index contributed by atoms with van der Waals surface area (Å²) in [6.45, 7) is 1.71. The summed E-state index contributed by atoms with van der Waals surface area (Å²) in [5, 5.41) is 0. The van der Waals surface area contributed by atoms with Gasteiger partial charge in [0, 0.05) is 37.6 Å². The van der Waals surface area contributed by atoms with E-state index < -0.39 is 0 Å². The number of hydrogen-bond acceptors (Lipinski definition) is 5. The van der Waals surface area contributed by atoms with Gasteiger partial charge in [0.05, 0.1) is 12.7 Å². The summed E-state index contributed by atoms with van der Waals surface area (Å²) in [5.74, 6) is 1.65. The number of benzene rings is 1. The predicted molar refractivity (Wildman–Crippen MR) is 97.9 cm³/mol. The van der Waals surface area contributed by atoms with Gasteiger partial charge >= 0.3 is 0 Å². The SMILES string of the molecule is COc1c2c(c(C(=O)/C=C/c3cccn3C)c3c1OCO3)CCN(C)C2. The van der Waals surface area contributed by atoms with Gasteiger partial charge in [0.2, 0.25) is 12.5 Å². The van der Waals surface area contributed by atoms with Gasteiger partial charge in [-0.25, -0.2) is 0 Å². The van der Waals surface area contributed by atoms with Crippen LogP contribution in [0.1, 0.15) is 27.2 Å². The minimum Gasteiger partial charge on any atom is -0.492 e. The molecule has 26 heavy (non-hydrogen) atoms. The lowest BCUT2D eigenvalue weighted by Gasteiger charge is -2.28. The molecule has 2 aliphatic rings. The Hall–Kier alpha value is -2.73. The minimum atomic E-state index is -0.0728. The second-order valence-corrected chi connectivity index (χ2v) is 6.66. The highest BCUT2D eigenvalue weighted by Crippen LogP contribution is 2.49. The number of aryl methyl sites for hydroxylation is 1. The zero-order chi connectivity index (χ0) is 18.3. The van der Waals surface area contributed by atoms with Gasteiger partial charge in [-0.3, -0.25) is 4.79 Å². The lowest BCUT2D eigenvalue weighted by molar-refractivity contribution is 0.104. The predicted octanol–water partition coefficient (Wildman–Crippen LogP) is 2.65. The molecule has 0 spiro atoms. The molecule has 0 N–H and O–H groups in total. The number of nitrogens with zero attached hydrogens (tertiary/aromatic N) is 2. The highest BCUT2D eigenvalue weighted by Gasteiger charge is 2.34. The molecule has 0 aliphatic carbocycles. The van der Waals surface area contributed by atoms with Gasteiger partial charge in [0.15, 0.2) is 17.3 Å². The van der Waals surface area contributed by atoms with Crippen molar-refractivity contribution in [3.8, 4) is 17.2 Å². The van der Waals surface area contributed by atoms with Gasteiger partial charge in [0.1, 0.15) is 0 Å². The summed E-state index contributed by atoms with van der Waals surface area (Å²) >= 11 is 0. The van der Waals surface area contributed by atoms with Crippen LogP contribution in [0.5, 0.6) is 17.2 Å². The molecular formula is C20H22N2O4. The fourth-order valence-corrected chi connectivity index (χ4v) is 3.66. The fourth-order valence-electron chi connectivity index (χ4n) is 3.66. The van der Waals surface area contributed by atoms with Gasteiger partial charge in [0.25, 0.3) is 0 Å². The number of allylic oxidation sites excluding steroid dienone is 1. The fraction of sp³-hybridized carbons (Fsp3) is 0.350. The first kappa shape index (κ1) is 16.7. The van der Waals surface area contributed by atoms with E-state index in [2.05, 4.69) is 11.9 Å². The summed E-state index contributed by atoms with van der Waals surface area (Å²) in [6, 6.07) is 3.91. The van der Waals surface area contributed by atoms with Crippen LogP contribution < -0.4 is 14.2 Å². The number of ether oxygens (including phenoxy) is 3. The van der Waals surface area contributed by atoms with E-state index in [1.54, 1.807) is 13.2 Å². The maximum Gasteiger partial charge on any atom is 0.231 e. The number of carbonyl (C=O) groups excluding carboxylic acids is 1. The molecule has 2 aromatic rings. The van der Waals surface area contributed by atoms with Crippen LogP contribution in [0, 0.1) is 0 Å². The first-order valence-corrected chi connectivity index (χ1v) is 8.63. The maximum absolute atomic E-state index is 13.1. The molecular weight excluding hydrogens is 332 g/mol. The first-order chi connectivity index (χ1) is 12.6. The maximum atomic E-state index is 13.1. The van der Waals surface area contributed by atoms with Gasteiger partial charge in [-0.05, 0) is 43.3 Å². The smallest absolute Gasteiger partial charge is 0.231 e. The largest absolute Gasteiger partial charge is 0.492 e. The van der Waals surface area contributed by atoms with Crippen LogP contribution >= 0.6 is 0 Å². The number of hydrogen-bond donors (Lipinski definition) is 0. The lowest BCUT2D eigenvalue weighted by Crippen LogP contribution is -2.28. The molecule has 1 aromatic heterocycles. The monoisotopic (exact) mass is 354 g/mol. The van der Waals surface area contributed by atoms with Crippen molar-refractivity contribution in [2.75, 3.05) is 27.5 Å². The summed E-state index contributed by atoms with van der Waals surface area (Å²) in [4.78, 5) is 15.3. The van der Waals surface area contributed by atoms with E-state index >= 15 is 0 Å². The summed E-state index contributed by atoms with van der Waals surface area (Å²) in [7, 11) is 5.64. The van der Waals surface area contributed by atoms with Crippen LogP contribution in [0.4, 0.5) is 0 Å². The van der Waals surface area contributed by atoms with Crippen molar-refractivity contribution in [3.05, 3.63) is 46.8 Å². The van der Waals surface area contributed by atoms with Crippen LogP contribution in [0.3, 0.4) is 0 Å². The quantitative estimate of drug-likeness (QED) is 0.624. The van der Waals surface area contributed by atoms with Gasteiger partial charge in [-0.2, -0.15) is 0 Å². The Morgan fingerprint density at radius 2 is 2.04 bits per heavy atom. The van der Waals surface area contributed by atoms with Crippen LogP contribution in [-0.2, 0) is 20.0 Å². The van der Waals surface area contributed by atoms with Crippen molar-refractivity contribution in [2.45, 2.75) is 13.0 Å². The third-order valence-electron chi connectivity index (χ3n) is 5.00. The Labute approximate surface area is 152 Å². The Balaban J connectivity index is 1.82. The second kappa shape index (κ2) is 6.53. The number of carbonyl (C=O) groups is 1. The Morgan fingerprint density at radius 1 is 1.23 bits per heavy atom. The van der Waals surface area contributed by atoms with Gasteiger partial charge in [-0.1, -0.05) is 0 Å². The molecule has 6 nitrogen and oxygen atoms in total. The summed E-state index contributed by atoms with van der Waals surface area (Å²) in [6.07, 6.45) is 6.16. The minimum absolute atomic E-state index is 0.0728. The molecule has 0 radical (unpaired) electrons.